The van der Waals surface area contributed by atoms with Gasteiger partial charge in [0, 0.05) is 42.6 Å². The van der Waals surface area contributed by atoms with Crippen molar-refractivity contribution in [2.45, 2.75) is 17.4 Å². The zero-order valence-electron chi connectivity index (χ0n) is 16.2. The summed E-state index contributed by atoms with van der Waals surface area (Å²) in [5, 5.41) is 17.0. The fraction of sp³-hybridized carbons (Fsp3) is 0.273. The summed E-state index contributed by atoms with van der Waals surface area (Å²) in [4.78, 5) is 9.77. The van der Waals surface area contributed by atoms with E-state index in [1.54, 1.807) is 42.6 Å². The van der Waals surface area contributed by atoms with Crippen LogP contribution in [0.2, 0.25) is 0 Å². The van der Waals surface area contributed by atoms with Crippen molar-refractivity contribution in [3.05, 3.63) is 84.6 Å². The molecule has 3 rings (SSSR count). The quantitative estimate of drug-likeness (QED) is 0.206. The number of benzene rings is 1. The number of aliphatic hydroxyl groups is 1. The molecule has 7 heteroatoms. The van der Waals surface area contributed by atoms with Gasteiger partial charge in [-0.15, -0.1) is 11.8 Å². The molecular formula is C22H26N4O2S. The molecule has 3 aromatic rings. The molecule has 6 nitrogen and oxygen atoms in total. The van der Waals surface area contributed by atoms with Gasteiger partial charge in [0.25, 0.3) is 0 Å². The van der Waals surface area contributed by atoms with E-state index in [9.17, 15) is 5.11 Å². The summed E-state index contributed by atoms with van der Waals surface area (Å²) < 4.78 is 5.37. The Morgan fingerprint density at radius 1 is 1.03 bits per heavy atom. The normalized spacial score (nSPS) is 12.5. The standard InChI is InChI=1S/C22H26N4O2S/c27-21(18-8-11-23-12-9-18)17-26-22(24-13-10-19-5-4-15-28-19)25-14-16-29-20-6-2-1-3-7-20/h1-9,11-12,15,21,27H,10,13-14,16-17H2,(H2,24,25,26). The number of thioether (sulfide) groups is 1. The van der Waals surface area contributed by atoms with Crippen LogP contribution in [0.25, 0.3) is 0 Å². The average molecular weight is 411 g/mol. The number of rotatable bonds is 10. The fourth-order valence-electron chi connectivity index (χ4n) is 2.66. The summed E-state index contributed by atoms with van der Waals surface area (Å²) in [6.45, 7) is 1.72. The number of nitrogens with zero attached hydrogens (tertiary/aromatic N) is 2. The van der Waals surface area contributed by atoms with Crippen molar-refractivity contribution in [1.29, 1.82) is 0 Å². The minimum atomic E-state index is -0.666. The predicted molar refractivity (Wildman–Crippen MR) is 117 cm³/mol. The highest BCUT2D eigenvalue weighted by molar-refractivity contribution is 7.99. The molecule has 152 valence electrons. The molecular weight excluding hydrogens is 384 g/mol. The van der Waals surface area contributed by atoms with Crippen molar-refractivity contribution in [2.75, 3.05) is 25.4 Å². The van der Waals surface area contributed by atoms with E-state index in [1.165, 1.54) is 4.90 Å². The number of pyridine rings is 1. The number of guanidine groups is 1. The molecule has 2 heterocycles. The Labute approximate surface area is 175 Å². The topological polar surface area (TPSA) is 82.7 Å². The van der Waals surface area contributed by atoms with Crippen molar-refractivity contribution in [1.82, 2.24) is 15.6 Å². The van der Waals surface area contributed by atoms with Gasteiger partial charge in [0.15, 0.2) is 5.96 Å². The highest BCUT2D eigenvalue weighted by atomic mass is 32.2. The van der Waals surface area contributed by atoms with Crippen LogP contribution in [0.4, 0.5) is 0 Å². The van der Waals surface area contributed by atoms with Crippen molar-refractivity contribution in [2.24, 2.45) is 4.99 Å². The van der Waals surface area contributed by atoms with Crippen LogP contribution in [-0.2, 0) is 6.42 Å². The molecule has 1 aromatic carbocycles. The first-order valence-corrected chi connectivity index (χ1v) is 10.6. The molecule has 0 saturated heterocycles. The van der Waals surface area contributed by atoms with E-state index in [0.717, 1.165) is 30.0 Å². The Morgan fingerprint density at radius 3 is 2.59 bits per heavy atom. The van der Waals surface area contributed by atoms with Gasteiger partial charge < -0.3 is 20.2 Å². The van der Waals surface area contributed by atoms with Crippen LogP contribution < -0.4 is 10.6 Å². The highest BCUT2D eigenvalue weighted by Gasteiger charge is 2.07. The van der Waals surface area contributed by atoms with Gasteiger partial charge in [0.1, 0.15) is 5.76 Å². The van der Waals surface area contributed by atoms with Crippen molar-refractivity contribution >= 4 is 17.7 Å². The minimum Gasteiger partial charge on any atom is -0.469 e. The first kappa shape index (κ1) is 21.0. The maximum Gasteiger partial charge on any atom is 0.191 e. The van der Waals surface area contributed by atoms with Crippen LogP contribution in [-0.4, -0.2) is 41.4 Å². The van der Waals surface area contributed by atoms with E-state index in [1.807, 2.05) is 30.3 Å². The molecule has 2 aromatic heterocycles. The SMILES string of the molecule is OC(CN=C(NCCSc1ccccc1)NCCc1ccco1)c1ccncc1. The number of hydrogen-bond donors (Lipinski definition) is 3. The van der Waals surface area contributed by atoms with Crippen molar-refractivity contribution in [3.63, 3.8) is 0 Å². The Morgan fingerprint density at radius 2 is 1.83 bits per heavy atom. The Balaban J connectivity index is 1.50. The molecule has 1 unspecified atom stereocenters. The smallest absolute Gasteiger partial charge is 0.191 e. The van der Waals surface area contributed by atoms with E-state index < -0.39 is 6.10 Å². The van der Waals surface area contributed by atoms with Crippen LogP contribution in [0.15, 0.2) is 87.6 Å². The summed E-state index contributed by atoms with van der Waals surface area (Å²) in [6.07, 6.45) is 5.11. The second-order valence-corrected chi connectivity index (χ2v) is 7.50. The lowest BCUT2D eigenvalue weighted by atomic mass is 10.1. The summed E-state index contributed by atoms with van der Waals surface area (Å²) >= 11 is 1.79. The molecule has 0 fully saturated rings. The van der Waals surface area contributed by atoms with E-state index in [4.69, 9.17) is 4.42 Å². The number of aliphatic imine (C=N–C) groups is 1. The molecule has 0 radical (unpaired) electrons. The first-order valence-electron chi connectivity index (χ1n) is 9.61. The lowest BCUT2D eigenvalue weighted by molar-refractivity contribution is 0.187. The molecule has 0 aliphatic rings. The summed E-state index contributed by atoms with van der Waals surface area (Å²) in [7, 11) is 0. The summed E-state index contributed by atoms with van der Waals surface area (Å²) in [5.41, 5.74) is 0.804. The zero-order valence-corrected chi connectivity index (χ0v) is 17.0. The first-order chi connectivity index (χ1) is 14.3. The largest absolute Gasteiger partial charge is 0.469 e. The van der Waals surface area contributed by atoms with Gasteiger partial charge in [-0.3, -0.25) is 9.98 Å². The van der Waals surface area contributed by atoms with Crippen molar-refractivity contribution < 1.29 is 9.52 Å². The van der Waals surface area contributed by atoms with Crippen LogP contribution in [0.5, 0.6) is 0 Å². The molecule has 0 spiro atoms. The van der Waals surface area contributed by atoms with Gasteiger partial charge >= 0.3 is 0 Å². The third kappa shape index (κ3) is 7.63. The molecule has 0 amide bonds. The average Bonchev–Trinajstić information content (AvgIpc) is 3.29. The fourth-order valence-corrected chi connectivity index (χ4v) is 3.45. The molecule has 29 heavy (non-hydrogen) atoms. The van der Waals surface area contributed by atoms with E-state index in [-0.39, 0.29) is 6.54 Å². The number of aliphatic hydroxyl groups excluding tert-OH is 1. The van der Waals surface area contributed by atoms with Gasteiger partial charge in [0.05, 0.1) is 18.9 Å². The van der Waals surface area contributed by atoms with Crippen LogP contribution in [0, 0.1) is 0 Å². The second-order valence-electron chi connectivity index (χ2n) is 6.33. The molecule has 0 aliphatic carbocycles. The third-order valence-electron chi connectivity index (χ3n) is 4.16. The maximum absolute atomic E-state index is 10.4. The summed E-state index contributed by atoms with van der Waals surface area (Å²) in [5.74, 6) is 2.52. The van der Waals surface area contributed by atoms with Crippen LogP contribution in [0.3, 0.4) is 0 Å². The van der Waals surface area contributed by atoms with E-state index in [2.05, 4.69) is 32.7 Å². The molecule has 1 atom stereocenters. The van der Waals surface area contributed by atoms with Gasteiger partial charge in [0.2, 0.25) is 0 Å². The third-order valence-corrected chi connectivity index (χ3v) is 5.18. The predicted octanol–water partition coefficient (Wildman–Crippen LogP) is 3.28. The number of hydrogen-bond acceptors (Lipinski definition) is 5. The molecule has 3 N–H and O–H groups in total. The molecule has 0 saturated carbocycles. The Kier molecular flexibility index (Phi) is 8.62. The number of furan rings is 1. The Hall–Kier alpha value is -2.77. The van der Waals surface area contributed by atoms with E-state index in [0.29, 0.717) is 12.5 Å². The Bertz CT molecular complexity index is 842. The lowest BCUT2D eigenvalue weighted by Crippen LogP contribution is -2.39. The zero-order chi connectivity index (χ0) is 20.2. The van der Waals surface area contributed by atoms with Gasteiger partial charge in [-0.2, -0.15) is 0 Å². The van der Waals surface area contributed by atoms with Crippen LogP contribution in [0.1, 0.15) is 17.4 Å². The molecule has 0 aliphatic heterocycles. The monoisotopic (exact) mass is 410 g/mol. The lowest BCUT2D eigenvalue weighted by Gasteiger charge is -2.14. The van der Waals surface area contributed by atoms with Gasteiger partial charge in [-0.1, -0.05) is 18.2 Å². The van der Waals surface area contributed by atoms with Crippen LogP contribution >= 0.6 is 11.8 Å². The molecule has 0 bridgehead atoms. The van der Waals surface area contributed by atoms with Gasteiger partial charge in [-0.05, 0) is 42.0 Å². The second kappa shape index (κ2) is 11.9. The highest BCUT2D eigenvalue weighted by Crippen LogP contribution is 2.15. The van der Waals surface area contributed by atoms with Crippen molar-refractivity contribution in [3.8, 4) is 0 Å². The van der Waals surface area contributed by atoms with Gasteiger partial charge in [-0.25, -0.2) is 0 Å². The number of nitrogens with one attached hydrogen (secondary N) is 2. The number of aromatic nitrogens is 1. The minimum absolute atomic E-state index is 0.270. The maximum atomic E-state index is 10.4. The summed E-state index contributed by atoms with van der Waals surface area (Å²) in [6, 6.07) is 17.7. The van der Waals surface area contributed by atoms with E-state index >= 15 is 0 Å².